The summed E-state index contributed by atoms with van der Waals surface area (Å²) in [5, 5.41) is 9.38. The summed E-state index contributed by atoms with van der Waals surface area (Å²) in [6, 6.07) is 8.34. The number of aryl methyl sites for hydroxylation is 1. The van der Waals surface area contributed by atoms with Gasteiger partial charge in [0.1, 0.15) is 11.6 Å². The van der Waals surface area contributed by atoms with Crippen molar-refractivity contribution >= 4 is 18.6 Å². The minimum Gasteiger partial charge on any atom is -0.494 e. The van der Waals surface area contributed by atoms with Crippen molar-refractivity contribution in [2.75, 3.05) is 32.8 Å². The van der Waals surface area contributed by atoms with E-state index >= 15 is 0 Å². The number of benzene rings is 1. The molecule has 8 heteroatoms. The summed E-state index contributed by atoms with van der Waals surface area (Å²) >= 11 is 0. The number of amides is 1. The molecule has 0 unspecified atom stereocenters. The van der Waals surface area contributed by atoms with E-state index in [2.05, 4.69) is 37.3 Å². The molecule has 8 nitrogen and oxygen atoms in total. The first-order valence-electron chi connectivity index (χ1n) is 12.1. The van der Waals surface area contributed by atoms with Crippen molar-refractivity contribution in [3.8, 4) is 5.75 Å². The summed E-state index contributed by atoms with van der Waals surface area (Å²) in [5.74, 6) is -0.495. The van der Waals surface area contributed by atoms with Gasteiger partial charge >= 0.3 is 5.97 Å². The summed E-state index contributed by atoms with van der Waals surface area (Å²) in [4.78, 5) is 31.3. The van der Waals surface area contributed by atoms with Gasteiger partial charge in [-0.05, 0) is 43.8 Å². The van der Waals surface area contributed by atoms with E-state index in [1.54, 1.807) is 17.1 Å². The summed E-state index contributed by atoms with van der Waals surface area (Å²) in [6.07, 6.45) is 5.82. The van der Waals surface area contributed by atoms with Crippen LogP contribution in [0.25, 0.3) is 0 Å². The van der Waals surface area contributed by atoms with Crippen molar-refractivity contribution in [2.45, 2.75) is 59.2 Å². The highest BCUT2D eigenvalue weighted by Crippen LogP contribution is 2.14. The van der Waals surface area contributed by atoms with Crippen molar-refractivity contribution in [1.29, 1.82) is 0 Å². The van der Waals surface area contributed by atoms with E-state index in [0.717, 1.165) is 24.6 Å². The van der Waals surface area contributed by atoms with Crippen LogP contribution >= 0.6 is 0 Å². The van der Waals surface area contributed by atoms with Gasteiger partial charge in [-0.15, -0.1) is 0 Å². The molecular formula is C27H41N3O5. The van der Waals surface area contributed by atoms with Crippen LogP contribution in [0.15, 0.2) is 53.8 Å². The molecule has 0 bridgehead atoms. The Balaban J connectivity index is 0.000000427. The van der Waals surface area contributed by atoms with Gasteiger partial charge < -0.3 is 24.4 Å². The second-order valence-corrected chi connectivity index (χ2v) is 8.53. The number of nitrogens with zero attached hydrogens (tertiary/aromatic N) is 3. The zero-order chi connectivity index (χ0) is 26.3. The molecule has 1 fully saturated rings. The van der Waals surface area contributed by atoms with E-state index in [1.165, 1.54) is 25.8 Å². The van der Waals surface area contributed by atoms with Crippen LogP contribution in [-0.4, -0.2) is 72.1 Å². The van der Waals surface area contributed by atoms with Crippen LogP contribution in [0.2, 0.25) is 0 Å². The number of aliphatic imine (C=N–C) groups is 1. The van der Waals surface area contributed by atoms with E-state index in [4.69, 9.17) is 9.47 Å². The predicted molar refractivity (Wildman–Crippen MR) is 139 cm³/mol. The maximum absolute atomic E-state index is 12.1. The maximum Gasteiger partial charge on any atom is 0.308 e. The first-order valence-corrected chi connectivity index (χ1v) is 12.1. The van der Waals surface area contributed by atoms with Gasteiger partial charge in [-0.2, -0.15) is 0 Å². The lowest BCUT2D eigenvalue weighted by molar-refractivity contribution is -0.195. The fourth-order valence-corrected chi connectivity index (χ4v) is 3.45. The van der Waals surface area contributed by atoms with Gasteiger partial charge in [0.05, 0.1) is 13.0 Å². The zero-order valence-corrected chi connectivity index (χ0v) is 21.7. The summed E-state index contributed by atoms with van der Waals surface area (Å²) in [6.45, 7) is 17.3. The van der Waals surface area contributed by atoms with Gasteiger partial charge in [0.25, 0.3) is 0 Å². The van der Waals surface area contributed by atoms with Gasteiger partial charge in [-0.25, -0.2) is 4.99 Å². The van der Waals surface area contributed by atoms with Crippen LogP contribution < -0.4 is 4.74 Å². The third kappa shape index (κ3) is 12.2. The lowest BCUT2D eigenvalue weighted by Gasteiger charge is -2.36. The van der Waals surface area contributed by atoms with Gasteiger partial charge in [-0.1, -0.05) is 38.1 Å². The number of aliphatic hydroxyl groups is 1. The Morgan fingerprint density at radius 3 is 2.17 bits per heavy atom. The monoisotopic (exact) mass is 487 g/mol. The van der Waals surface area contributed by atoms with Crippen molar-refractivity contribution in [3.05, 3.63) is 54.4 Å². The fraction of sp³-hybridized carbons (Fsp3) is 0.519. The normalized spacial score (nSPS) is 13.9. The Morgan fingerprint density at radius 2 is 1.69 bits per heavy atom. The highest BCUT2D eigenvalue weighted by Gasteiger charge is 2.24. The molecule has 0 saturated carbocycles. The molecular weight excluding hydrogens is 446 g/mol. The van der Waals surface area contributed by atoms with Crippen molar-refractivity contribution in [2.24, 2.45) is 4.99 Å². The predicted octanol–water partition coefficient (Wildman–Crippen LogP) is 3.95. The average molecular weight is 488 g/mol. The molecule has 1 aromatic rings. The molecule has 1 N–H and O–H groups in total. The van der Waals surface area contributed by atoms with E-state index in [-0.39, 0.29) is 18.7 Å². The van der Waals surface area contributed by atoms with Gasteiger partial charge in [-0.3, -0.25) is 9.59 Å². The average Bonchev–Trinajstić information content (AvgIpc) is 2.82. The minimum absolute atomic E-state index is 0.0428. The second-order valence-electron chi connectivity index (χ2n) is 8.53. The number of rotatable bonds is 11. The molecule has 0 spiro atoms. The summed E-state index contributed by atoms with van der Waals surface area (Å²) in [7, 11) is 0. The lowest BCUT2D eigenvalue weighted by atomic mass is 10.1. The molecule has 1 aromatic carbocycles. The minimum atomic E-state index is -1.52. The van der Waals surface area contributed by atoms with Crippen LogP contribution in [0.4, 0.5) is 0 Å². The van der Waals surface area contributed by atoms with Crippen LogP contribution in [0.5, 0.6) is 5.75 Å². The van der Waals surface area contributed by atoms with Crippen LogP contribution in [0.1, 0.15) is 52.5 Å². The number of hydrogen-bond acceptors (Lipinski definition) is 7. The molecule has 1 amide bonds. The SMILES string of the molecule is C=C/C=C(\N=C)N1CCN(C(=O)CCC(=O)OC(C)(C)O)CC1.CCCc1ccc(OCC)cc1. The number of ether oxygens (including phenoxy) is 2. The lowest BCUT2D eigenvalue weighted by Crippen LogP contribution is -2.48. The van der Waals surface area contributed by atoms with Gasteiger partial charge in [0.2, 0.25) is 11.7 Å². The number of hydrogen-bond donors (Lipinski definition) is 1. The molecule has 0 aromatic heterocycles. The molecule has 2 rings (SSSR count). The zero-order valence-electron chi connectivity index (χ0n) is 21.7. The first-order chi connectivity index (χ1) is 16.6. The highest BCUT2D eigenvalue weighted by molar-refractivity contribution is 5.81. The number of piperazine rings is 1. The Hall–Kier alpha value is -3.13. The maximum atomic E-state index is 12.1. The summed E-state index contributed by atoms with van der Waals surface area (Å²) < 4.78 is 10.1. The van der Waals surface area contributed by atoms with Crippen molar-refractivity contribution < 1.29 is 24.2 Å². The number of allylic oxidation sites excluding steroid dienone is 2. The van der Waals surface area contributed by atoms with Gasteiger partial charge in [0, 0.05) is 46.4 Å². The van der Waals surface area contributed by atoms with Crippen molar-refractivity contribution in [1.82, 2.24) is 9.80 Å². The number of carbonyl (C=O) groups is 2. The quantitative estimate of drug-likeness (QED) is 0.220. The van der Waals surface area contributed by atoms with Crippen LogP contribution in [0, 0.1) is 0 Å². The van der Waals surface area contributed by atoms with E-state index in [0.29, 0.717) is 26.2 Å². The second kappa shape index (κ2) is 15.7. The smallest absolute Gasteiger partial charge is 0.308 e. The number of carbonyl (C=O) groups excluding carboxylic acids is 2. The highest BCUT2D eigenvalue weighted by atomic mass is 16.7. The third-order valence-corrected chi connectivity index (χ3v) is 5.06. The third-order valence-electron chi connectivity index (χ3n) is 5.06. The Morgan fingerprint density at radius 1 is 1.09 bits per heavy atom. The summed E-state index contributed by atoms with van der Waals surface area (Å²) in [5.41, 5.74) is 1.39. The van der Waals surface area contributed by atoms with Crippen LogP contribution in [0.3, 0.4) is 0 Å². The molecule has 1 aliphatic rings. The molecule has 0 atom stereocenters. The standard InChI is InChI=1S/C16H25N3O4.C11H16O/c1-5-6-13(17-4)18-9-11-19(12-10-18)14(20)7-8-15(21)23-16(2,3)22;1-3-5-10-6-8-11(9-7-10)12-4-2/h5-6,22H,1,4,7-12H2,2-3H3;6-9H,3-5H2,1-2H3/b13-6+;. The topological polar surface area (TPSA) is 91.7 Å². The van der Waals surface area contributed by atoms with Crippen molar-refractivity contribution in [3.63, 3.8) is 0 Å². The molecule has 194 valence electrons. The first kappa shape index (κ1) is 29.9. The Labute approximate surface area is 209 Å². The molecule has 0 radical (unpaired) electrons. The largest absolute Gasteiger partial charge is 0.494 e. The van der Waals surface area contributed by atoms with Crippen LogP contribution in [-0.2, 0) is 20.7 Å². The number of esters is 1. The van der Waals surface area contributed by atoms with Gasteiger partial charge in [0.15, 0.2) is 0 Å². The van der Waals surface area contributed by atoms with E-state index < -0.39 is 11.8 Å². The molecule has 35 heavy (non-hydrogen) atoms. The molecule has 1 aliphatic heterocycles. The fourth-order valence-electron chi connectivity index (χ4n) is 3.45. The molecule has 1 heterocycles. The Bertz CT molecular complexity index is 810. The van der Waals surface area contributed by atoms with E-state index in [9.17, 15) is 14.7 Å². The molecule has 0 aliphatic carbocycles. The Kier molecular flexibility index (Phi) is 13.4. The van der Waals surface area contributed by atoms with E-state index in [1.807, 2.05) is 24.0 Å². The molecule has 1 saturated heterocycles.